The summed E-state index contributed by atoms with van der Waals surface area (Å²) in [5.74, 6) is -0.0495. The number of amides is 1. The molecular formula is C25H30N4O3S. The van der Waals surface area contributed by atoms with Crippen LogP contribution in [0.1, 0.15) is 43.2 Å². The van der Waals surface area contributed by atoms with Crippen LogP contribution in [0.3, 0.4) is 0 Å². The topological polar surface area (TPSA) is 84.3 Å². The van der Waals surface area contributed by atoms with Gasteiger partial charge in [0.25, 0.3) is 0 Å². The zero-order valence-corrected chi connectivity index (χ0v) is 19.5. The Kier molecular flexibility index (Phi) is 7.57. The molecule has 1 aliphatic rings. The molecule has 8 heteroatoms. The van der Waals surface area contributed by atoms with E-state index in [1.54, 1.807) is 27.3 Å². The van der Waals surface area contributed by atoms with Gasteiger partial charge in [0, 0.05) is 38.4 Å². The molecule has 4 rings (SSSR count). The molecule has 1 amide bonds. The third-order valence-corrected chi connectivity index (χ3v) is 7.90. The molecule has 0 bridgehead atoms. The molecule has 0 atom stereocenters. The van der Waals surface area contributed by atoms with Crippen LogP contribution in [0.4, 0.5) is 0 Å². The number of benzene rings is 2. The summed E-state index contributed by atoms with van der Waals surface area (Å²) in [5, 5.41) is 7.24. The molecule has 1 aliphatic heterocycles. The normalized spacial score (nSPS) is 15.2. The number of aryl methyl sites for hydroxylation is 1. The number of carbonyl (C=O) groups is 1. The standard InChI is InChI=1S/C25H30N4O3S/c30-25(26-20-22-8-3-4-9-24(22)29-19-7-16-27-29)15-12-21-10-13-23(14-11-21)33(31,32)28-17-5-1-2-6-18-28/h3-4,7-11,13-14,16,19H,1-2,5-6,12,15,17-18,20H2,(H,26,30). The lowest BCUT2D eigenvalue weighted by molar-refractivity contribution is -0.121. The third kappa shape index (κ3) is 5.89. The van der Waals surface area contributed by atoms with Crippen molar-refractivity contribution >= 4 is 15.9 Å². The molecule has 1 aromatic heterocycles. The Labute approximate surface area is 195 Å². The van der Waals surface area contributed by atoms with Gasteiger partial charge in [0.05, 0.1) is 10.6 Å². The molecule has 1 fully saturated rings. The minimum absolute atomic E-state index is 0.0495. The summed E-state index contributed by atoms with van der Waals surface area (Å²) in [6, 6.07) is 16.6. The molecule has 1 saturated heterocycles. The molecule has 3 aromatic rings. The first-order chi connectivity index (χ1) is 16.0. The molecule has 2 heterocycles. The fraction of sp³-hybridized carbons (Fsp3) is 0.360. The summed E-state index contributed by atoms with van der Waals surface area (Å²) in [5.41, 5.74) is 2.86. The van der Waals surface area contributed by atoms with E-state index >= 15 is 0 Å². The second-order valence-electron chi connectivity index (χ2n) is 8.32. The van der Waals surface area contributed by atoms with Gasteiger partial charge in [-0.15, -0.1) is 0 Å². The Morgan fingerprint density at radius 1 is 0.939 bits per heavy atom. The number of para-hydroxylation sites is 1. The molecule has 0 spiro atoms. The molecule has 2 aromatic carbocycles. The summed E-state index contributed by atoms with van der Waals surface area (Å²) in [4.78, 5) is 12.7. The number of nitrogens with zero attached hydrogens (tertiary/aromatic N) is 3. The highest BCUT2D eigenvalue weighted by Crippen LogP contribution is 2.21. The second kappa shape index (κ2) is 10.8. The third-order valence-electron chi connectivity index (χ3n) is 5.99. The predicted octanol–water partition coefficient (Wildman–Crippen LogP) is 3.69. The van der Waals surface area contributed by atoms with Gasteiger partial charge < -0.3 is 5.32 Å². The quantitative estimate of drug-likeness (QED) is 0.549. The fourth-order valence-electron chi connectivity index (χ4n) is 4.09. The highest BCUT2D eigenvalue weighted by atomic mass is 32.2. The SMILES string of the molecule is O=C(CCc1ccc(S(=O)(=O)N2CCCCCC2)cc1)NCc1ccccc1-n1cccn1. The van der Waals surface area contributed by atoms with Crippen LogP contribution in [0.5, 0.6) is 0 Å². The van der Waals surface area contributed by atoms with Crippen LogP contribution < -0.4 is 5.32 Å². The van der Waals surface area contributed by atoms with Crippen LogP contribution in [0.2, 0.25) is 0 Å². The van der Waals surface area contributed by atoms with Crippen molar-refractivity contribution in [2.75, 3.05) is 13.1 Å². The first-order valence-electron chi connectivity index (χ1n) is 11.5. The fourth-order valence-corrected chi connectivity index (χ4v) is 5.61. The predicted molar refractivity (Wildman–Crippen MR) is 127 cm³/mol. The molecule has 0 aliphatic carbocycles. The van der Waals surface area contributed by atoms with Crippen molar-refractivity contribution in [2.45, 2.75) is 50.0 Å². The van der Waals surface area contributed by atoms with Gasteiger partial charge in [-0.05, 0) is 54.7 Å². The van der Waals surface area contributed by atoms with Gasteiger partial charge in [-0.2, -0.15) is 9.40 Å². The summed E-state index contributed by atoms with van der Waals surface area (Å²) in [6.07, 6.45) is 8.48. The summed E-state index contributed by atoms with van der Waals surface area (Å²) < 4.78 is 29.2. The average Bonchev–Trinajstić information content (AvgIpc) is 3.23. The highest BCUT2D eigenvalue weighted by Gasteiger charge is 2.24. The molecule has 0 radical (unpaired) electrons. The smallest absolute Gasteiger partial charge is 0.243 e. The van der Waals surface area contributed by atoms with E-state index in [1.807, 2.05) is 48.7 Å². The Hall–Kier alpha value is -2.97. The Morgan fingerprint density at radius 2 is 1.67 bits per heavy atom. The van der Waals surface area contributed by atoms with Crippen molar-refractivity contribution in [3.8, 4) is 5.69 Å². The van der Waals surface area contributed by atoms with E-state index in [0.29, 0.717) is 37.4 Å². The van der Waals surface area contributed by atoms with E-state index < -0.39 is 10.0 Å². The van der Waals surface area contributed by atoms with Gasteiger partial charge in [0.1, 0.15) is 0 Å². The van der Waals surface area contributed by atoms with E-state index in [0.717, 1.165) is 42.5 Å². The zero-order valence-electron chi connectivity index (χ0n) is 18.7. The highest BCUT2D eigenvalue weighted by molar-refractivity contribution is 7.89. The number of nitrogens with one attached hydrogen (secondary N) is 1. The van der Waals surface area contributed by atoms with Crippen LogP contribution in [-0.2, 0) is 27.8 Å². The minimum Gasteiger partial charge on any atom is -0.352 e. The van der Waals surface area contributed by atoms with Gasteiger partial charge in [-0.3, -0.25) is 4.79 Å². The summed E-state index contributed by atoms with van der Waals surface area (Å²) in [6.45, 7) is 1.60. The maximum absolute atomic E-state index is 12.9. The van der Waals surface area contributed by atoms with Gasteiger partial charge >= 0.3 is 0 Å². The molecule has 0 saturated carbocycles. The van der Waals surface area contributed by atoms with Gasteiger partial charge in [0.15, 0.2) is 0 Å². The zero-order chi connectivity index (χ0) is 23.1. The molecule has 174 valence electrons. The van der Waals surface area contributed by atoms with E-state index in [1.165, 1.54) is 0 Å². The molecule has 7 nitrogen and oxygen atoms in total. The monoisotopic (exact) mass is 466 g/mol. The van der Waals surface area contributed by atoms with Crippen LogP contribution in [-0.4, -0.2) is 41.5 Å². The number of hydrogen-bond acceptors (Lipinski definition) is 4. The van der Waals surface area contributed by atoms with Crippen LogP contribution in [0.25, 0.3) is 5.69 Å². The second-order valence-corrected chi connectivity index (χ2v) is 10.3. The van der Waals surface area contributed by atoms with Crippen molar-refractivity contribution in [1.82, 2.24) is 19.4 Å². The summed E-state index contributed by atoms with van der Waals surface area (Å²) >= 11 is 0. The van der Waals surface area contributed by atoms with Crippen LogP contribution >= 0.6 is 0 Å². The maximum atomic E-state index is 12.9. The molecule has 1 N–H and O–H groups in total. The Morgan fingerprint density at radius 3 is 2.36 bits per heavy atom. The van der Waals surface area contributed by atoms with E-state index in [2.05, 4.69) is 10.4 Å². The van der Waals surface area contributed by atoms with Crippen molar-refractivity contribution in [1.29, 1.82) is 0 Å². The van der Waals surface area contributed by atoms with Crippen LogP contribution in [0.15, 0.2) is 71.9 Å². The molecule has 33 heavy (non-hydrogen) atoms. The van der Waals surface area contributed by atoms with Gasteiger partial charge in [0.2, 0.25) is 15.9 Å². The van der Waals surface area contributed by atoms with Crippen molar-refractivity contribution < 1.29 is 13.2 Å². The number of hydrogen-bond donors (Lipinski definition) is 1. The number of sulfonamides is 1. The minimum atomic E-state index is -3.45. The number of aromatic nitrogens is 2. The van der Waals surface area contributed by atoms with Gasteiger partial charge in [-0.1, -0.05) is 43.2 Å². The lowest BCUT2D eigenvalue weighted by Crippen LogP contribution is -2.31. The van der Waals surface area contributed by atoms with Crippen molar-refractivity contribution in [2.24, 2.45) is 0 Å². The molecular weight excluding hydrogens is 436 g/mol. The molecule has 0 unspecified atom stereocenters. The Balaban J connectivity index is 1.30. The first kappa shape index (κ1) is 23.2. The lowest BCUT2D eigenvalue weighted by atomic mass is 10.1. The largest absolute Gasteiger partial charge is 0.352 e. The van der Waals surface area contributed by atoms with E-state index in [9.17, 15) is 13.2 Å². The summed E-state index contributed by atoms with van der Waals surface area (Å²) in [7, 11) is -3.45. The van der Waals surface area contributed by atoms with E-state index in [4.69, 9.17) is 0 Å². The first-order valence-corrected chi connectivity index (χ1v) is 12.9. The number of carbonyl (C=O) groups excluding carboxylic acids is 1. The maximum Gasteiger partial charge on any atom is 0.243 e. The van der Waals surface area contributed by atoms with Crippen molar-refractivity contribution in [3.63, 3.8) is 0 Å². The van der Waals surface area contributed by atoms with Crippen molar-refractivity contribution in [3.05, 3.63) is 78.1 Å². The lowest BCUT2D eigenvalue weighted by Gasteiger charge is -2.20. The number of rotatable bonds is 8. The Bertz CT molecular complexity index is 1150. The average molecular weight is 467 g/mol. The van der Waals surface area contributed by atoms with Crippen LogP contribution in [0, 0.1) is 0 Å². The van der Waals surface area contributed by atoms with E-state index in [-0.39, 0.29) is 5.91 Å². The van der Waals surface area contributed by atoms with Gasteiger partial charge in [-0.25, -0.2) is 13.1 Å².